The lowest BCUT2D eigenvalue weighted by molar-refractivity contribution is -0.141. The van der Waals surface area contributed by atoms with Crippen molar-refractivity contribution in [3.05, 3.63) is 30.1 Å². The molecule has 3 rings (SSSR count). The Balaban J connectivity index is 1.60. The number of carbonyl (C=O) groups is 3. The molecule has 8 heteroatoms. The van der Waals surface area contributed by atoms with Crippen LogP contribution in [0.15, 0.2) is 24.3 Å². The van der Waals surface area contributed by atoms with Crippen molar-refractivity contribution in [2.24, 2.45) is 5.92 Å². The smallest absolute Gasteiger partial charge is 0.317 e. The summed E-state index contributed by atoms with van der Waals surface area (Å²) < 4.78 is 13.1. The highest BCUT2D eigenvalue weighted by atomic mass is 19.1. The van der Waals surface area contributed by atoms with E-state index in [-0.39, 0.29) is 30.2 Å². The van der Waals surface area contributed by atoms with E-state index in [1.54, 1.807) is 29.0 Å². The maximum atomic E-state index is 13.1. The quantitative estimate of drug-likeness (QED) is 0.771. The maximum Gasteiger partial charge on any atom is 0.317 e. The molecule has 2 aliphatic rings. The largest absolute Gasteiger partial charge is 0.480 e. The van der Waals surface area contributed by atoms with Gasteiger partial charge in [0.25, 0.3) is 0 Å². The summed E-state index contributed by atoms with van der Waals surface area (Å²) in [6, 6.07) is 5.83. The molecule has 2 saturated heterocycles. The molecule has 152 valence electrons. The number of carboxylic acids is 1. The molecule has 0 bridgehead atoms. The number of hydrogen-bond donors (Lipinski definition) is 1. The lowest BCUT2D eigenvalue weighted by atomic mass is 10.1. The Morgan fingerprint density at radius 3 is 2.54 bits per heavy atom. The molecule has 0 saturated carbocycles. The lowest BCUT2D eigenvalue weighted by Gasteiger charge is -2.26. The number of halogens is 1. The van der Waals surface area contributed by atoms with Crippen molar-refractivity contribution in [2.45, 2.75) is 31.7 Å². The van der Waals surface area contributed by atoms with Gasteiger partial charge in [-0.25, -0.2) is 4.39 Å². The standard InChI is InChI=1S/C20H26FN3O4/c1-22(13-18(25)26)15-3-2-10-23(11-8-15)19(27)17-9-12-24(20(17)28)16-6-4-14(21)5-7-16/h4-7,15,17H,2-3,8-13H2,1H3,(H,25,26). The molecule has 7 nitrogen and oxygen atoms in total. The SMILES string of the molecule is CN(CC(=O)O)C1CCCN(C(=O)C2CCN(c3ccc(F)cc3)C2=O)CC1. The van der Waals surface area contributed by atoms with Gasteiger partial charge < -0.3 is 14.9 Å². The summed E-state index contributed by atoms with van der Waals surface area (Å²) in [5.74, 6) is -2.32. The van der Waals surface area contributed by atoms with Crippen molar-refractivity contribution in [2.75, 3.05) is 38.1 Å². The van der Waals surface area contributed by atoms with Gasteiger partial charge in [-0.15, -0.1) is 0 Å². The van der Waals surface area contributed by atoms with Crippen molar-refractivity contribution >= 4 is 23.5 Å². The van der Waals surface area contributed by atoms with E-state index in [4.69, 9.17) is 5.11 Å². The lowest BCUT2D eigenvalue weighted by Crippen LogP contribution is -2.41. The molecule has 2 heterocycles. The van der Waals surface area contributed by atoms with Crippen molar-refractivity contribution in [1.82, 2.24) is 9.80 Å². The first-order valence-electron chi connectivity index (χ1n) is 9.64. The highest BCUT2D eigenvalue weighted by molar-refractivity contribution is 6.09. The molecule has 0 aromatic heterocycles. The molecule has 2 amide bonds. The molecule has 1 aromatic rings. The van der Waals surface area contributed by atoms with Crippen LogP contribution in [-0.4, -0.2) is 72.0 Å². The number of likely N-dealkylation sites (tertiary alicyclic amines) is 1. The third-order valence-electron chi connectivity index (χ3n) is 5.66. The number of carbonyl (C=O) groups excluding carboxylic acids is 2. The third-order valence-corrected chi connectivity index (χ3v) is 5.66. The molecule has 2 fully saturated rings. The number of anilines is 1. The van der Waals surface area contributed by atoms with Crippen LogP contribution in [0, 0.1) is 11.7 Å². The monoisotopic (exact) mass is 391 g/mol. The van der Waals surface area contributed by atoms with E-state index in [1.807, 2.05) is 4.90 Å². The average molecular weight is 391 g/mol. The second-order valence-corrected chi connectivity index (χ2v) is 7.53. The predicted molar refractivity (Wildman–Crippen MR) is 101 cm³/mol. The average Bonchev–Trinajstić information content (AvgIpc) is 2.88. The van der Waals surface area contributed by atoms with Gasteiger partial charge in [0.2, 0.25) is 11.8 Å². The van der Waals surface area contributed by atoms with E-state index in [0.29, 0.717) is 38.2 Å². The molecule has 0 spiro atoms. The number of carboxylic acid groups (broad SMARTS) is 1. The van der Waals surface area contributed by atoms with Crippen molar-refractivity contribution < 1.29 is 23.9 Å². The van der Waals surface area contributed by atoms with Crippen LogP contribution < -0.4 is 4.90 Å². The fraction of sp³-hybridized carbons (Fsp3) is 0.550. The topological polar surface area (TPSA) is 81.2 Å². The van der Waals surface area contributed by atoms with Crippen LogP contribution in [0.1, 0.15) is 25.7 Å². The van der Waals surface area contributed by atoms with Gasteiger partial charge in [0.15, 0.2) is 0 Å². The van der Waals surface area contributed by atoms with Crippen molar-refractivity contribution in [3.8, 4) is 0 Å². The van der Waals surface area contributed by atoms with Crippen LogP contribution in [0.3, 0.4) is 0 Å². The molecule has 28 heavy (non-hydrogen) atoms. The molecule has 1 N–H and O–H groups in total. The highest BCUT2D eigenvalue weighted by Crippen LogP contribution is 2.28. The minimum atomic E-state index is -0.864. The molecule has 1 aromatic carbocycles. The Bertz CT molecular complexity index is 739. The molecule has 2 unspecified atom stereocenters. The highest BCUT2D eigenvalue weighted by Gasteiger charge is 2.40. The van der Waals surface area contributed by atoms with Crippen LogP contribution in [0.25, 0.3) is 0 Å². The molecule has 0 radical (unpaired) electrons. The van der Waals surface area contributed by atoms with E-state index in [9.17, 15) is 18.8 Å². The molecular weight excluding hydrogens is 365 g/mol. The number of hydrogen-bond acceptors (Lipinski definition) is 4. The second kappa shape index (κ2) is 8.68. The number of rotatable bonds is 5. The maximum absolute atomic E-state index is 13.1. The summed E-state index contributed by atoms with van der Waals surface area (Å²) in [6.07, 6.45) is 2.75. The Labute approximate surface area is 163 Å². The van der Waals surface area contributed by atoms with Crippen LogP contribution in [0.2, 0.25) is 0 Å². The molecule has 0 aliphatic carbocycles. The first kappa shape index (κ1) is 20.3. The van der Waals surface area contributed by atoms with Crippen LogP contribution >= 0.6 is 0 Å². The minimum absolute atomic E-state index is 0.0215. The van der Waals surface area contributed by atoms with E-state index in [1.165, 1.54) is 12.1 Å². The number of nitrogens with zero attached hydrogens (tertiary/aromatic N) is 3. The summed E-state index contributed by atoms with van der Waals surface area (Å²) in [5.41, 5.74) is 0.605. The Hall–Kier alpha value is -2.48. The summed E-state index contributed by atoms with van der Waals surface area (Å²) in [5, 5.41) is 8.96. The van der Waals surface area contributed by atoms with E-state index < -0.39 is 11.9 Å². The van der Waals surface area contributed by atoms with E-state index in [0.717, 1.165) is 12.8 Å². The number of likely N-dealkylation sites (N-methyl/N-ethyl adjacent to an activating group) is 1. The summed E-state index contributed by atoms with van der Waals surface area (Å²) in [4.78, 5) is 41.7. The summed E-state index contributed by atoms with van der Waals surface area (Å²) in [6.45, 7) is 1.52. The normalized spacial score (nSPS) is 23.2. The van der Waals surface area contributed by atoms with Gasteiger partial charge in [-0.1, -0.05) is 0 Å². The number of amides is 2. The van der Waals surface area contributed by atoms with Gasteiger partial charge in [0.05, 0.1) is 6.54 Å². The van der Waals surface area contributed by atoms with Crippen LogP contribution in [0.4, 0.5) is 10.1 Å². The second-order valence-electron chi connectivity index (χ2n) is 7.53. The fourth-order valence-corrected chi connectivity index (χ4v) is 4.09. The van der Waals surface area contributed by atoms with E-state index >= 15 is 0 Å². The fourth-order valence-electron chi connectivity index (χ4n) is 4.09. The van der Waals surface area contributed by atoms with Gasteiger partial charge in [-0.05, 0) is 57.0 Å². The van der Waals surface area contributed by atoms with Gasteiger partial charge in [0, 0.05) is 31.4 Å². The molecule has 2 aliphatic heterocycles. The van der Waals surface area contributed by atoms with Gasteiger partial charge in [-0.3, -0.25) is 19.3 Å². The van der Waals surface area contributed by atoms with Crippen LogP contribution in [-0.2, 0) is 14.4 Å². The Morgan fingerprint density at radius 1 is 1.14 bits per heavy atom. The zero-order chi connectivity index (χ0) is 20.3. The number of aliphatic carboxylic acids is 1. The van der Waals surface area contributed by atoms with Crippen molar-refractivity contribution in [1.29, 1.82) is 0 Å². The predicted octanol–water partition coefficient (Wildman–Crippen LogP) is 1.58. The Kier molecular flexibility index (Phi) is 6.28. The summed E-state index contributed by atoms with van der Waals surface area (Å²) >= 11 is 0. The zero-order valence-corrected chi connectivity index (χ0v) is 16.0. The minimum Gasteiger partial charge on any atom is -0.480 e. The number of benzene rings is 1. The van der Waals surface area contributed by atoms with Gasteiger partial charge in [0.1, 0.15) is 11.7 Å². The van der Waals surface area contributed by atoms with Gasteiger partial charge >= 0.3 is 5.97 Å². The summed E-state index contributed by atoms with van der Waals surface area (Å²) in [7, 11) is 1.79. The Morgan fingerprint density at radius 2 is 1.86 bits per heavy atom. The zero-order valence-electron chi connectivity index (χ0n) is 16.0. The third kappa shape index (κ3) is 4.49. The van der Waals surface area contributed by atoms with E-state index in [2.05, 4.69) is 0 Å². The van der Waals surface area contributed by atoms with Crippen molar-refractivity contribution in [3.63, 3.8) is 0 Å². The van der Waals surface area contributed by atoms with Gasteiger partial charge in [-0.2, -0.15) is 0 Å². The molecular formula is C20H26FN3O4. The first-order valence-corrected chi connectivity index (χ1v) is 9.64. The molecule has 2 atom stereocenters. The first-order chi connectivity index (χ1) is 13.4. The van der Waals surface area contributed by atoms with Crippen LogP contribution in [0.5, 0.6) is 0 Å².